The van der Waals surface area contributed by atoms with Crippen LogP contribution in [-0.2, 0) is 9.47 Å². The van der Waals surface area contributed by atoms with Crippen molar-refractivity contribution >= 4 is 41.3 Å². The summed E-state index contributed by atoms with van der Waals surface area (Å²) >= 11 is 1.82. The van der Waals surface area contributed by atoms with Gasteiger partial charge in [0, 0.05) is 50.6 Å². The molecule has 25 heavy (non-hydrogen) atoms. The lowest BCUT2D eigenvalue weighted by Gasteiger charge is -2.34. The number of rotatable bonds is 6. The van der Waals surface area contributed by atoms with Crippen LogP contribution in [0, 0.1) is 5.92 Å². The number of ether oxygens (including phenoxy) is 2. The molecule has 2 atom stereocenters. The topological polar surface area (TPSA) is 58.1 Å². The van der Waals surface area contributed by atoms with E-state index in [1.54, 1.807) is 0 Å². The number of thiophene rings is 1. The fourth-order valence-corrected chi connectivity index (χ4v) is 4.04. The maximum atomic E-state index is 5.50. The van der Waals surface area contributed by atoms with Crippen molar-refractivity contribution < 1.29 is 9.47 Å². The Morgan fingerprint density at radius 3 is 2.80 bits per heavy atom. The Kier molecular flexibility index (Phi) is 9.46. The monoisotopic (exact) mass is 480 g/mol. The molecule has 3 rings (SSSR count). The molecule has 1 aromatic heterocycles. The Bertz CT molecular complexity index is 503. The maximum Gasteiger partial charge on any atom is 0.191 e. The Hall–Kier alpha value is -0.420. The summed E-state index contributed by atoms with van der Waals surface area (Å²) < 4.78 is 10.9. The van der Waals surface area contributed by atoms with Crippen LogP contribution in [0.1, 0.15) is 17.3 Å². The highest BCUT2D eigenvalue weighted by Crippen LogP contribution is 2.25. The molecule has 3 heterocycles. The van der Waals surface area contributed by atoms with Gasteiger partial charge in [-0.2, -0.15) is 0 Å². The highest BCUT2D eigenvalue weighted by molar-refractivity contribution is 14.0. The van der Waals surface area contributed by atoms with Crippen LogP contribution in [0.3, 0.4) is 0 Å². The molecule has 6 nitrogen and oxygen atoms in total. The summed E-state index contributed by atoms with van der Waals surface area (Å²) in [7, 11) is 1.83. The molecule has 2 N–H and O–H groups in total. The van der Waals surface area contributed by atoms with Crippen molar-refractivity contribution in [2.24, 2.45) is 10.9 Å². The highest BCUT2D eigenvalue weighted by atomic mass is 127. The fraction of sp³-hybridized carbons (Fsp3) is 0.706. The minimum Gasteiger partial charge on any atom is -0.381 e. The van der Waals surface area contributed by atoms with E-state index in [0.29, 0.717) is 12.0 Å². The molecule has 142 valence electrons. The second-order valence-corrected chi connectivity index (χ2v) is 7.22. The van der Waals surface area contributed by atoms with Crippen molar-refractivity contribution in [3.63, 3.8) is 0 Å². The van der Waals surface area contributed by atoms with Gasteiger partial charge in [0.2, 0.25) is 0 Å². The van der Waals surface area contributed by atoms with Crippen LogP contribution < -0.4 is 10.6 Å². The van der Waals surface area contributed by atoms with E-state index in [1.165, 1.54) is 4.88 Å². The standard InChI is InChI=1S/C17H28N4O2S.HI/c1-18-17(19-11-14-4-7-23-13-14)20-12-15(16-3-2-10-24-16)21-5-8-22-9-6-21;/h2-3,10,14-15H,4-9,11-13H2,1H3,(H2,18,19,20);1H. The minimum atomic E-state index is 0. The quantitative estimate of drug-likeness (QED) is 0.371. The lowest BCUT2D eigenvalue weighted by Crippen LogP contribution is -2.46. The van der Waals surface area contributed by atoms with Crippen molar-refractivity contribution in [1.29, 1.82) is 0 Å². The van der Waals surface area contributed by atoms with E-state index < -0.39 is 0 Å². The zero-order valence-electron chi connectivity index (χ0n) is 14.8. The Morgan fingerprint density at radius 1 is 1.32 bits per heavy atom. The molecule has 2 unspecified atom stereocenters. The fourth-order valence-electron chi connectivity index (χ4n) is 3.18. The third-order valence-corrected chi connectivity index (χ3v) is 5.60. The van der Waals surface area contributed by atoms with Crippen molar-refractivity contribution in [2.45, 2.75) is 12.5 Å². The average molecular weight is 480 g/mol. The van der Waals surface area contributed by atoms with Crippen LogP contribution in [0.4, 0.5) is 0 Å². The van der Waals surface area contributed by atoms with E-state index >= 15 is 0 Å². The van der Waals surface area contributed by atoms with Crippen LogP contribution in [0.2, 0.25) is 0 Å². The van der Waals surface area contributed by atoms with Gasteiger partial charge in [-0.3, -0.25) is 9.89 Å². The maximum absolute atomic E-state index is 5.50. The first-order chi connectivity index (χ1) is 11.9. The Labute approximate surface area is 171 Å². The van der Waals surface area contributed by atoms with Gasteiger partial charge in [0.1, 0.15) is 0 Å². The number of halogens is 1. The Balaban J connectivity index is 0.00000225. The molecule has 0 aliphatic carbocycles. The largest absolute Gasteiger partial charge is 0.381 e. The normalized spacial score (nSPS) is 23.1. The summed E-state index contributed by atoms with van der Waals surface area (Å²) in [5.74, 6) is 1.47. The predicted molar refractivity (Wildman–Crippen MR) is 113 cm³/mol. The molecule has 0 aromatic carbocycles. The first kappa shape index (κ1) is 20.9. The number of hydrogen-bond acceptors (Lipinski definition) is 5. The van der Waals surface area contributed by atoms with Gasteiger partial charge >= 0.3 is 0 Å². The molecule has 0 radical (unpaired) electrons. The SMILES string of the molecule is CN=C(NCC1CCOC1)NCC(c1cccs1)N1CCOCC1.I. The smallest absolute Gasteiger partial charge is 0.191 e. The highest BCUT2D eigenvalue weighted by Gasteiger charge is 2.24. The van der Waals surface area contributed by atoms with Crippen molar-refractivity contribution in [1.82, 2.24) is 15.5 Å². The summed E-state index contributed by atoms with van der Waals surface area (Å²) in [4.78, 5) is 8.25. The van der Waals surface area contributed by atoms with Crippen LogP contribution in [-0.4, -0.2) is 70.5 Å². The third kappa shape index (κ3) is 6.35. The lowest BCUT2D eigenvalue weighted by atomic mass is 10.1. The van der Waals surface area contributed by atoms with Gasteiger partial charge in [-0.15, -0.1) is 35.3 Å². The van der Waals surface area contributed by atoms with Gasteiger partial charge < -0.3 is 20.1 Å². The molecule has 2 saturated heterocycles. The predicted octanol–water partition coefficient (Wildman–Crippen LogP) is 1.94. The van der Waals surface area contributed by atoms with Crippen LogP contribution in [0.5, 0.6) is 0 Å². The number of hydrogen-bond donors (Lipinski definition) is 2. The Morgan fingerprint density at radius 2 is 2.16 bits per heavy atom. The molecule has 0 bridgehead atoms. The second-order valence-electron chi connectivity index (χ2n) is 6.24. The molecule has 8 heteroatoms. The van der Waals surface area contributed by atoms with Crippen molar-refractivity contribution in [2.75, 3.05) is 59.7 Å². The van der Waals surface area contributed by atoms with Gasteiger partial charge in [-0.05, 0) is 17.9 Å². The van der Waals surface area contributed by atoms with E-state index in [9.17, 15) is 0 Å². The van der Waals surface area contributed by atoms with Gasteiger partial charge in [0.25, 0.3) is 0 Å². The van der Waals surface area contributed by atoms with Gasteiger partial charge in [-0.1, -0.05) is 6.07 Å². The van der Waals surface area contributed by atoms with E-state index in [1.807, 2.05) is 18.4 Å². The zero-order chi connectivity index (χ0) is 16.6. The van der Waals surface area contributed by atoms with E-state index in [4.69, 9.17) is 9.47 Å². The first-order valence-corrected chi connectivity index (χ1v) is 9.62. The summed E-state index contributed by atoms with van der Waals surface area (Å²) in [6, 6.07) is 4.71. The van der Waals surface area contributed by atoms with Crippen molar-refractivity contribution in [3.8, 4) is 0 Å². The van der Waals surface area contributed by atoms with Crippen LogP contribution >= 0.6 is 35.3 Å². The molecule has 0 saturated carbocycles. The van der Waals surface area contributed by atoms with Gasteiger partial charge in [-0.25, -0.2) is 0 Å². The summed E-state index contributed by atoms with van der Waals surface area (Å²) in [5, 5.41) is 9.08. The van der Waals surface area contributed by atoms with E-state index in [0.717, 1.165) is 65.0 Å². The number of nitrogens with one attached hydrogen (secondary N) is 2. The summed E-state index contributed by atoms with van der Waals surface area (Å²) in [5.41, 5.74) is 0. The van der Waals surface area contributed by atoms with Crippen molar-refractivity contribution in [3.05, 3.63) is 22.4 Å². The molecule has 0 amide bonds. The van der Waals surface area contributed by atoms with Crippen LogP contribution in [0.25, 0.3) is 0 Å². The zero-order valence-corrected chi connectivity index (χ0v) is 17.9. The molecular weight excluding hydrogens is 451 g/mol. The number of nitrogens with zero attached hydrogens (tertiary/aromatic N) is 2. The molecule has 2 aliphatic rings. The number of morpholine rings is 1. The lowest BCUT2D eigenvalue weighted by molar-refractivity contribution is 0.0177. The number of aliphatic imine (C=N–C) groups is 1. The van der Waals surface area contributed by atoms with Gasteiger partial charge in [0.15, 0.2) is 5.96 Å². The second kappa shape index (κ2) is 11.3. The third-order valence-electron chi connectivity index (χ3n) is 4.63. The molecule has 1 aromatic rings. The molecule has 0 spiro atoms. The molecule has 2 fully saturated rings. The average Bonchev–Trinajstić information content (AvgIpc) is 3.32. The summed E-state index contributed by atoms with van der Waals surface area (Å²) in [6.07, 6.45) is 1.13. The first-order valence-electron chi connectivity index (χ1n) is 8.74. The molecular formula is C17H29IN4O2S. The van der Waals surface area contributed by atoms with Gasteiger partial charge in [0.05, 0.1) is 25.9 Å². The van der Waals surface area contributed by atoms with E-state index in [-0.39, 0.29) is 24.0 Å². The molecule has 2 aliphatic heterocycles. The summed E-state index contributed by atoms with van der Waals surface area (Å²) in [6.45, 7) is 7.10. The van der Waals surface area contributed by atoms with E-state index in [2.05, 4.69) is 38.0 Å². The minimum absolute atomic E-state index is 0. The van der Waals surface area contributed by atoms with Crippen LogP contribution in [0.15, 0.2) is 22.5 Å². The number of guanidine groups is 1.